The number of ether oxygens (including phenoxy) is 1. The number of benzene rings is 1. The molecule has 0 bridgehead atoms. The van der Waals surface area contributed by atoms with Crippen LogP contribution in [0.4, 0.5) is 4.79 Å². The van der Waals surface area contributed by atoms with Crippen LogP contribution in [0.25, 0.3) is 11.0 Å². The van der Waals surface area contributed by atoms with E-state index in [-0.39, 0.29) is 29.5 Å². The fourth-order valence-electron chi connectivity index (χ4n) is 5.61. The minimum absolute atomic E-state index is 0.134. The number of amides is 3. The lowest BCUT2D eigenvalue weighted by atomic mass is 9.79. The van der Waals surface area contributed by atoms with E-state index < -0.39 is 17.6 Å². The van der Waals surface area contributed by atoms with Crippen molar-refractivity contribution in [3.63, 3.8) is 0 Å². The smallest absolute Gasteiger partial charge is 0.410 e. The topological polar surface area (TPSA) is 106 Å². The number of rotatable bonds is 2. The molecule has 10 nitrogen and oxygen atoms in total. The summed E-state index contributed by atoms with van der Waals surface area (Å²) in [5.74, 6) is 5.67. The highest BCUT2D eigenvalue weighted by Gasteiger charge is 2.48. The molecule has 4 heterocycles. The Morgan fingerprint density at radius 1 is 1.16 bits per heavy atom. The van der Waals surface area contributed by atoms with E-state index in [1.807, 2.05) is 43.9 Å². The summed E-state index contributed by atoms with van der Waals surface area (Å²) >= 11 is 0. The van der Waals surface area contributed by atoms with Gasteiger partial charge in [-0.05, 0) is 51.8 Å². The van der Waals surface area contributed by atoms with E-state index in [1.54, 1.807) is 7.05 Å². The summed E-state index contributed by atoms with van der Waals surface area (Å²) in [4.78, 5) is 53.3. The second-order valence-electron chi connectivity index (χ2n) is 11.5. The number of hydrogen-bond acceptors (Lipinski definition) is 6. The fraction of sp³-hybridized carbons (Fsp3) is 0.556. The highest BCUT2D eigenvalue weighted by Crippen LogP contribution is 2.39. The Bertz CT molecular complexity index is 1400. The molecule has 1 N–H and O–H groups in total. The SMILES string of the molecule is Cn1c(=O)n(C2CCC(=O)NC2=O)c2ccc(C#CCN3CC4(CCN(C(=O)OC(C)(C)C)C4)C3)cc21. The van der Waals surface area contributed by atoms with Crippen molar-refractivity contribution in [1.82, 2.24) is 24.3 Å². The van der Waals surface area contributed by atoms with Crippen LogP contribution in [0.1, 0.15) is 51.6 Å². The van der Waals surface area contributed by atoms with Gasteiger partial charge < -0.3 is 9.64 Å². The monoisotopic (exact) mass is 507 g/mol. The lowest BCUT2D eigenvalue weighted by molar-refractivity contribution is -0.135. The molecule has 5 rings (SSSR count). The Morgan fingerprint density at radius 2 is 1.92 bits per heavy atom. The number of imide groups is 1. The Morgan fingerprint density at radius 3 is 2.62 bits per heavy atom. The Hall–Kier alpha value is -3.58. The number of imidazole rings is 1. The van der Waals surface area contributed by atoms with Gasteiger partial charge in [0.25, 0.3) is 0 Å². The Labute approximate surface area is 215 Å². The number of likely N-dealkylation sites (tertiary alicyclic amines) is 2. The molecular formula is C27H33N5O5. The molecule has 3 aliphatic rings. The molecule has 0 radical (unpaired) electrons. The lowest BCUT2D eigenvalue weighted by Gasteiger charge is -2.47. The molecule has 3 aliphatic heterocycles. The van der Waals surface area contributed by atoms with Crippen LogP contribution < -0.4 is 11.0 Å². The predicted octanol–water partition coefficient (Wildman–Crippen LogP) is 1.61. The van der Waals surface area contributed by atoms with Gasteiger partial charge >= 0.3 is 11.8 Å². The number of piperidine rings is 1. The van der Waals surface area contributed by atoms with Gasteiger partial charge in [-0.15, -0.1) is 0 Å². The maximum Gasteiger partial charge on any atom is 0.410 e. The quantitative estimate of drug-likeness (QED) is 0.489. The molecule has 196 valence electrons. The van der Waals surface area contributed by atoms with Gasteiger partial charge in [0.05, 0.1) is 17.6 Å². The second-order valence-corrected chi connectivity index (χ2v) is 11.5. The third kappa shape index (κ3) is 4.88. The average Bonchev–Trinajstić information content (AvgIpc) is 3.34. The molecule has 3 amide bonds. The summed E-state index contributed by atoms with van der Waals surface area (Å²) in [6.07, 6.45) is 1.25. The third-order valence-corrected chi connectivity index (χ3v) is 7.35. The van der Waals surface area contributed by atoms with Crippen molar-refractivity contribution in [2.24, 2.45) is 12.5 Å². The number of nitrogens with zero attached hydrogens (tertiary/aromatic N) is 4. The van der Waals surface area contributed by atoms with E-state index in [2.05, 4.69) is 22.1 Å². The number of carbonyl (C=O) groups is 3. The molecular weight excluding hydrogens is 474 g/mol. The highest BCUT2D eigenvalue weighted by molar-refractivity contribution is 6.00. The van der Waals surface area contributed by atoms with Gasteiger partial charge in [-0.3, -0.25) is 28.9 Å². The number of nitrogens with one attached hydrogen (secondary N) is 1. The standard InChI is InChI=1S/C27H33N5O5/c1-26(2,3)37-25(36)31-13-11-27(17-31)15-30(16-27)12-5-6-18-7-8-19-21(14-18)29(4)24(35)32(19)20-9-10-22(33)28-23(20)34/h7-8,14,20H,9-13,15-17H2,1-4H3,(H,28,33,34). The van der Waals surface area contributed by atoms with Crippen molar-refractivity contribution < 1.29 is 19.1 Å². The molecule has 2 aromatic rings. The van der Waals surface area contributed by atoms with E-state index in [0.717, 1.165) is 38.2 Å². The summed E-state index contributed by atoms with van der Waals surface area (Å²) in [7, 11) is 1.67. The van der Waals surface area contributed by atoms with Crippen molar-refractivity contribution in [2.75, 3.05) is 32.7 Å². The van der Waals surface area contributed by atoms with E-state index in [1.165, 1.54) is 9.13 Å². The molecule has 1 spiro atoms. The molecule has 3 fully saturated rings. The molecule has 3 saturated heterocycles. The van der Waals surface area contributed by atoms with E-state index in [4.69, 9.17) is 4.74 Å². The fourth-order valence-corrected chi connectivity index (χ4v) is 5.61. The van der Waals surface area contributed by atoms with Crippen LogP contribution >= 0.6 is 0 Å². The van der Waals surface area contributed by atoms with Crippen LogP contribution in [-0.2, 0) is 21.4 Å². The molecule has 1 atom stereocenters. The van der Waals surface area contributed by atoms with Crippen LogP contribution in [0.2, 0.25) is 0 Å². The first kappa shape index (κ1) is 25.1. The average molecular weight is 508 g/mol. The molecule has 10 heteroatoms. The van der Waals surface area contributed by atoms with Crippen molar-refractivity contribution in [1.29, 1.82) is 0 Å². The molecule has 1 aromatic heterocycles. The summed E-state index contributed by atoms with van der Waals surface area (Å²) in [6, 6.07) is 4.82. The normalized spacial score (nSPS) is 21.5. The summed E-state index contributed by atoms with van der Waals surface area (Å²) < 4.78 is 8.49. The number of aryl methyl sites for hydroxylation is 1. The van der Waals surface area contributed by atoms with Crippen molar-refractivity contribution in [2.45, 2.75) is 51.7 Å². The number of carbonyl (C=O) groups excluding carboxylic acids is 3. The van der Waals surface area contributed by atoms with Crippen LogP contribution in [0.15, 0.2) is 23.0 Å². The Kier molecular flexibility index (Phi) is 6.15. The largest absolute Gasteiger partial charge is 0.444 e. The Balaban J connectivity index is 1.22. The molecule has 37 heavy (non-hydrogen) atoms. The van der Waals surface area contributed by atoms with Crippen molar-refractivity contribution >= 4 is 28.9 Å². The minimum Gasteiger partial charge on any atom is -0.444 e. The first-order valence-electron chi connectivity index (χ1n) is 12.7. The summed E-state index contributed by atoms with van der Waals surface area (Å²) in [5, 5.41) is 2.33. The third-order valence-electron chi connectivity index (χ3n) is 7.35. The van der Waals surface area contributed by atoms with E-state index in [0.29, 0.717) is 24.0 Å². The summed E-state index contributed by atoms with van der Waals surface area (Å²) in [5.41, 5.74) is 1.48. The summed E-state index contributed by atoms with van der Waals surface area (Å²) in [6.45, 7) is 9.53. The van der Waals surface area contributed by atoms with Gasteiger partial charge in [0.2, 0.25) is 11.8 Å². The van der Waals surface area contributed by atoms with Crippen LogP contribution in [0.5, 0.6) is 0 Å². The van der Waals surface area contributed by atoms with Gasteiger partial charge in [0, 0.05) is 50.6 Å². The maximum absolute atomic E-state index is 12.9. The number of fused-ring (bicyclic) bond motifs is 1. The van der Waals surface area contributed by atoms with Gasteiger partial charge in [-0.2, -0.15) is 0 Å². The van der Waals surface area contributed by atoms with Crippen molar-refractivity contribution in [3.8, 4) is 11.8 Å². The van der Waals surface area contributed by atoms with Gasteiger partial charge in [0.1, 0.15) is 11.6 Å². The minimum atomic E-state index is -0.702. The molecule has 1 aromatic carbocycles. The van der Waals surface area contributed by atoms with Crippen molar-refractivity contribution in [3.05, 3.63) is 34.2 Å². The molecule has 0 aliphatic carbocycles. The van der Waals surface area contributed by atoms with Gasteiger partial charge in [-0.1, -0.05) is 11.8 Å². The van der Waals surface area contributed by atoms with E-state index >= 15 is 0 Å². The maximum atomic E-state index is 12.9. The second kappa shape index (κ2) is 9.06. The van der Waals surface area contributed by atoms with Gasteiger partial charge in [0.15, 0.2) is 0 Å². The predicted molar refractivity (Wildman–Crippen MR) is 137 cm³/mol. The van der Waals surface area contributed by atoms with Gasteiger partial charge in [-0.25, -0.2) is 9.59 Å². The zero-order chi connectivity index (χ0) is 26.5. The lowest BCUT2D eigenvalue weighted by Crippen LogP contribution is -2.57. The zero-order valence-corrected chi connectivity index (χ0v) is 21.8. The van der Waals surface area contributed by atoms with E-state index in [9.17, 15) is 19.2 Å². The molecule has 1 unspecified atom stereocenters. The zero-order valence-electron chi connectivity index (χ0n) is 21.8. The van der Waals surface area contributed by atoms with Crippen LogP contribution in [0, 0.1) is 17.3 Å². The number of hydrogen-bond donors (Lipinski definition) is 1. The number of aromatic nitrogens is 2. The molecule has 0 saturated carbocycles. The first-order valence-corrected chi connectivity index (χ1v) is 12.7. The van der Waals surface area contributed by atoms with Crippen LogP contribution in [0.3, 0.4) is 0 Å². The first-order chi connectivity index (χ1) is 17.4. The highest BCUT2D eigenvalue weighted by atomic mass is 16.6. The van der Waals surface area contributed by atoms with Crippen LogP contribution in [-0.4, -0.2) is 75.2 Å².